The zero-order valence-corrected chi connectivity index (χ0v) is 11.3. The highest BCUT2D eigenvalue weighted by atomic mass is 32.2. The fraction of sp³-hybridized carbons (Fsp3) is 0.818. The van der Waals surface area contributed by atoms with Crippen LogP contribution >= 0.6 is 23.5 Å². The molecule has 0 aliphatic carbocycles. The maximum Gasteiger partial charge on any atom is 0.134 e. The first kappa shape index (κ1) is 11.9. The minimum Gasteiger partial charge on any atom is -0.396 e. The Kier molecular flexibility index (Phi) is 3.65. The maximum absolute atomic E-state index is 8.90. The summed E-state index contributed by atoms with van der Waals surface area (Å²) in [6.45, 7) is 3.86. The summed E-state index contributed by atoms with van der Waals surface area (Å²) >= 11 is 2.96. The molecule has 0 aromatic carbocycles. The Morgan fingerprint density at radius 3 is 3.18 bits per heavy atom. The predicted octanol–water partition coefficient (Wildman–Crippen LogP) is 1.43. The number of fused-ring (bicyclic) bond motifs is 2. The van der Waals surface area contributed by atoms with E-state index in [9.17, 15) is 0 Å². The lowest BCUT2D eigenvalue weighted by atomic mass is 9.89. The number of piperidine rings is 1. The molecule has 94 valence electrons. The van der Waals surface area contributed by atoms with E-state index in [0.29, 0.717) is 5.92 Å². The number of aliphatic hydroxyl groups excluding tert-OH is 1. The minimum atomic E-state index is 0.210. The number of aliphatic hydroxyl groups is 1. The topological polar surface area (TPSA) is 49.3 Å². The fourth-order valence-corrected chi connectivity index (χ4v) is 4.50. The Balaban J connectivity index is 1.77. The summed E-state index contributed by atoms with van der Waals surface area (Å²) in [4.78, 5) is 2.55. The third-order valence-corrected chi connectivity index (χ3v) is 5.35. The molecular formula is C11H17N3OS2. The predicted molar refractivity (Wildman–Crippen MR) is 69.6 cm³/mol. The normalized spacial score (nSPS) is 31.9. The van der Waals surface area contributed by atoms with Crippen LogP contribution in [0.2, 0.25) is 0 Å². The molecule has 17 heavy (non-hydrogen) atoms. The number of hydrogen-bond acceptors (Lipinski definition) is 6. The van der Waals surface area contributed by atoms with Crippen LogP contribution in [0.1, 0.15) is 24.5 Å². The Morgan fingerprint density at radius 1 is 1.41 bits per heavy atom. The lowest BCUT2D eigenvalue weighted by Crippen LogP contribution is -2.25. The summed E-state index contributed by atoms with van der Waals surface area (Å²) < 4.78 is 8.89. The Morgan fingerprint density at radius 2 is 2.35 bits per heavy atom. The first-order valence-electron chi connectivity index (χ1n) is 6.17. The molecule has 3 heterocycles. The van der Waals surface area contributed by atoms with Gasteiger partial charge in [-0.05, 0) is 25.3 Å². The summed E-state index contributed by atoms with van der Waals surface area (Å²) in [6.07, 6.45) is 2.67. The van der Waals surface area contributed by atoms with Crippen LogP contribution in [0, 0.1) is 5.92 Å². The van der Waals surface area contributed by atoms with Crippen LogP contribution in [0.25, 0.3) is 0 Å². The van der Waals surface area contributed by atoms with Gasteiger partial charge in [0.05, 0.1) is 24.0 Å². The number of nitrogens with zero attached hydrogens (tertiary/aromatic N) is 3. The van der Waals surface area contributed by atoms with Crippen molar-refractivity contribution in [2.24, 2.45) is 5.92 Å². The van der Waals surface area contributed by atoms with Crippen LogP contribution in [-0.2, 0) is 0 Å². The minimum absolute atomic E-state index is 0.210. The summed E-state index contributed by atoms with van der Waals surface area (Å²) in [5, 5.41) is 9.96. The zero-order chi connectivity index (χ0) is 11.7. The monoisotopic (exact) mass is 271 g/mol. The van der Waals surface area contributed by atoms with E-state index in [4.69, 9.17) is 5.11 Å². The van der Waals surface area contributed by atoms with Gasteiger partial charge in [0.1, 0.15) is 5.03 Å². The highest BCUT2D eigenvalue weighted by Gasteiger charge is 2.38. The Bertz CT molecular complexity index is 385. The molecule has 4 nitrogen and oxygen atoms in total. The van der Waals surface area contributed by atoms with Crippen molar-refractivity contribution in [1.29, 1.82) is 0 Å². The van der Waals surface area contributed by atoms with Crippen LogP contribution in [-0.4, -0.2) is 50.7 Å². The fourth-order valence-electron chi connectivity index (χ4n) is 2.98. The molecular weight excluding hydrogens is 254 g/mol. The first-order valence-corrected chi connectivity index (χ1v) is 7.88. The average molecular weight is 271 g/mol. The highest BCUT2D eigenvalue weighted by Crippen LogP contribution is 2.40. The van der Waals surface area contributed by atoms with Gasteiger partial charge in [0, 0.05) is 24.8 Å². The number of hydrogen-bond donors (Lipinski definition) is 1. The SMILES string of the molecule is OCCSc1nsnc1C1CN2CCCC1C2. The summed E-state index contributed by atoms with van der Waals surface area (Å²) in [7, 11) is 0. The summed E-state index contributed by atoms with van der Waals surface area (Å²) in [5.41, 5.74) is 1.20. The van der Waals surface area contributed by atoms with Crippen molar-refractivity contribution >= 4 is 23.5 Å². The smallest absolute Gasteiger partial charge is 0.134 e. The van der Waals surface area contributed by atoms with E-state index in [-0.39, 0.29) is 6.61 Å². The Hall–Kier alpha value is -0.170. The van der Waals surface area contributed by atoms with Crippen molar-refractivity contribution in [2.45, 2.75) is 23.8 Å². The second kappa shape index (κ2) is 5.22. The lowest BCUT2D eigenvalue weighted by molar-refractivity contribution is 0.269. The molecule has 1 aromatic heterocycles. The highest BCUT2D eigenvalue weighted by molar-refractivity contribution is 7.99. The van der Waals surface area contributed by atoms with Crippen molar-refractivity contribution in [1.82, 2.24) is 13.6 Å². The van der Waals surface area contributed by atoms with Gasteiger partial charge in [0.15, 0.2) is 0 Å². The van der Waals surface area contributed by atoms with Gasteiger partial charge in [-0.25, -0.2) is 0 Å². The molecule has 6 heteroatoms. The third-order valence-electron chi connectivity index (χ3n) is 3.73. The number of thioether (sulfide) groups is 1. The van der Waals surface area contributed by atoms with E-state index in [2.05, 4.69) is 13.6 Å². The largest absolute Gasteiger partial charge is 0.396 e. The molecule has 1 aromatic rings. The van der Waals surface area contributed by atoms with E-state index in [1.807, 2.05) is 0 Å². The van der Waals surface area contributed by atoms with E-state index in [1.165, 1.54) is 43.4 Å². The standard InChI is InChI=1S/C11H17N3OS2/c15-4-5-16-11-10(12-17-13-11)9-7-14-3-1-2-8(9)6-14/h8-9,15H,1-7H2. The van der Waals surface area contributed by atoms with E-state index in [0.717, 1.165) is 23.2 Å². The van der Waals surface area contributed by atoms with Gasteiger partial charge < -0.3 is 10.0 Å². The molecule has 3 atom stereocenters. The molecule has 0 amide bonds. The quantitative estimate of drug-likeness (QED) is 0.840. The molecule has 2 bridgehead atoms. The summed E-state index contributed by atoms with van der Waals surface area (Å²) in [6, 6.07) is 0. The van der Waals surface area contributed by atoms with Crippen molar-refractivity contribution in [2.75, 3.05) is 32.0 Å². The molecule has 2 aliphatic heterocycles. The Labute approximate surface area is 110 Å². The van der Waals surface area contributed by atoms with Crippen LogP contribution in [0.4, 0.5) is 0 Å². The maximum atomic E-state index is 8.90. The molecule has 3 unspecified atom stereocenters. The van der Waals surface area contributed by atoms with Crippen molar-refractivity contribution < 1.29 is 5.11 Å². The molecule has 1 N–H and O–H groups in total. The average Bonchev–Trinajstić information content (AvgIpc) is 2.91. The molecule has 0 spiro atoms. The number of rotatable bonds is 4. The van der Waals surface area contributed by atoms with E-state index >= 15 is 0 Å². The van der Waals surface area contributed by atoms with Gasteiger partial charge in [-0.2, -0.15) is 8.75 Å². The molecule has 2 saturated heterocycles. The van der Waals surface area contributed by atoms with Crippen LogP contribution in [0.5, 0.6) is 0 Å². The summed E-state index contributed by atoms with van der Waals surface area (Å²) in [5.74, 6) is 2.08. The second-order valence-electron chi connectivity index (χ2n) is 4.80. The molecule has 0 radical (unpaired) electrons. The third kappa shape index (κ3) is 2.36. The molecule has 3 rings (SSSR count). The van der Waals surface area contributed by atoms with Gasteiger partial charge in [-0.15, -0.1) is 11.8 Å². The van der Waals surface area contributed by atoms with Gasteiger partial charge in [-0.3, -0.25) is 0 Å². The van der Waals surface area contributed by atoms with E-state index in [1.54, 1.807) is 11.8 Å². The second-order valence-corrected chi connectivity index (χ2v) is 6.41. The van der Waals surface area contributed by atoms with Crippen molar-refractivity contribution in [3.63, 3.8) is 0 Å². The van der Waals surface area contributed by atoms with Crippen molar-refractivity contribution in [3.05, 3.63) is 5.69 Å². The first-order chi connectivity index (χ1) is 8.38. The molecule has 2 fully saturated rings. The molecule has 2 aliphatic rings. The lowest BCUT2D eigenvalue weighted by Gasteiger charge is -2.21. The van der Waals surface area contributed by atoms with Crippen LogP contribution < -0.4 is 0 Å². The van der Waals surface area contributed by atoms with Gasteiger partial charge in [0.25, 0.3) is 0 Å². The number of aromatic nitrogens is 2. The molecule has 0 saturated carbocycles. The van der Waals surface area contributed by atoms with Gasteiger partial charge in [-0.1, -0.05) is 0 Å². The van der Waals surface area contributed by atoms with Crippen molar-refractivity contribution in [3.8, 4) is 0 Å². The van der Waals surface area contributed by atoms with Gasteiger partial charge >= 0.3 is 0 Å². The van der Waals surface area contributed by atoms with Crippen LogP contribution in [0.15, 0.2) is 5.03 Å². The van der Waals surface area contributed by atoms with Gasteiger partial charge in [0.2, 0.25) is 0 Å². The van der Waals surface area contributed by atoms with Crippen LogP contribution in [0.3, 0.4) is 0 Å². The van der Waals surface area contributed by atoms with E-state index < -0.39 is 0 Å². The zero-order valence-electron chi connectivity index (χ0n) is 9.71.